The van der Waals surface area contributed by atoms with Gasteiger partial charge < -0.3 is 4.52 Å². The zero-order chi connectivity index (χ0) is 19.5. The third-order valence-electron chi connectivity index (χ3n) is 4.41. The van der Waals surface area contributed by atoms with E-state index in [1.54, 1.807) is 6.07 Å². The van der Waals surface area contributed by atoms with E-state index in [-0.39, 0.29) is 5.91 Å². The van der Waals surface area contributed by atoms with Crippen LogP contribution in [0.25, 0.3) is 33.7 Å². The van der Waals surface area contributed by atoms with Crippen molar-refractivity contribution in [3.8, 4) is 33.7 Å². The van der Waals surface area contributed by atoms with Crippen LogP contribution >= 0.6 is 11.8 Å². The van der Waals surface area contributed by atoms with Gasteiger partial charge in [-0.05, 0) is 17.7 Å². The van der Waals surface area contributed by atoms with Crippen LogP contribution in [0.4, 0.5) is 5.69 Å². The van der Waals surface area contributed by atoms with E-state index >= 15 is 0 Å². The third-order valence-corrected chi connectivity index (χ3v) is 4.85. The molecular weight excluding hydrogens is 372 g/mol. The van der Waals surface area contributed by atoms with Crippen LogP contribution in [0.15, 0.2) is 89.5 Å². The van der Waals surface area contributed by atoms with Crippen LogP contribution in [0.2, 0.25) is 0 Å². The average Bonchev–Trinajstić information content (AvgIpc) is 3.19. The van der Waals surface area contributed by atoms with E-state index in [9.17, 15) is 4.79 Å². The summed E-state index contributed by atoms with van der Waals surface area (Å²) in [4.78, 5) is 11.6. The van der Waals surface area contributed by atoms with E-state index in [0.29, 0.717) is 11.4 Å². The van der Waals surface area contributed by atoms with E-state index < -0.39 is 0 Å². The molecule has 3 aromatic carbocycles. The standard InChI is InChI=1S/C23H17ClN2O2/c1-16(27)26(24)20-14-8-13-19(15-20)23-21(17-9-4-2-5-10-17)22(25-28-23)18-11-6-3-7-12-18/h2-15H,1H3. The molecule has 0 unspecified atom stereocenters. The van der Waals surface area contributed by atoms with Crippen LogP contribution in [-0.2, 0) is 4.79 Å². The van der Waals surface area contributed by atoms with Gasteiger partial charge in [-0.2, -0.15) is 0 Å². The van der Waals surface area contributed by atoms with Gasteiger partial charge in [-0.15, -0.1) is 0 Å². The minimum atomic E-state index is -0.260. The minimum Gasteiger partial charge on any atom is -0.355 e. The second kappa shape index (κ2) is 7.71. The van der Waals surface area contributed by atoms with Crippen molar-refractivity contribution in [3.05, 3.63) is 84.9 Å². The zero-order valence-electron chi connectivity index (χ0n) is 15.2. The monoisotopic (exact) mass is 388 g/mol. The highest BCUT2D eigenvalue weighted by Gasteiger charge is 2.21. The van der Waals surface area contributed by atoms with Gasteiger partial charge in [0, 0.05) is 29.8 Å². The second-order valence-electron chi connectivity index (χ2n) is 6.32. The Bertz CT molecular complexity index is 1110. The predicted molar refractivity (Wildman–Crippen MR) is 112 cm³/mol. The van der Waals surface area contributed by atoms with Crippen molar-refractivity contribution < 1.29 is 9.32 Å². The maximum atomic E-state index is 11.6. The molecule has 0 bridgehead atoms. The molecule has 0 saturated heterocycles. The van der Waals surface area contributed by atoms with Gasteiger partial charge in [0.15, 0.2) is 5.76 Å². The molecule has 4 nitrogen and oxygen atoms in total. The SMILES string of the molecule is CC(=O)N(Cl)c1cccc(-c2onc(-c3ccccc3)c2-c2ccccc2)c1. The highest BCUT2D eigenvalue weighted by Crippen LogP contribution is 2.40. The van der Waals surface area contributed by atoms with E-state index in [0.717, 1.165) is 32.4 Å². The maximum absolute atomic E-state index is 11.6. The number of rotatable bonds is 4. The number of benzene rings is 3. The van der Waals surface area contributed by atoms with Gasteiger partial charge in [-0.1, -0.05) is 78.0 Å². The normalized spacial score (nSPS) is 10.6. The molecule has 4 rings (SSSR count). The van der Waals surface area contributed by atoms with Gasteiger partial charge in [0.05, 0.1) is 11.3 Å². The number of anilines is 1. The molecule has 0 spiro atoms. The highest BCUT2D eigenvalue weighted by molar-refractivity contribution is 6.36. The third kappa shape index (κ3) is 3.42. The van der Waals surface area contributed by atoms with Crippen LogP contribution in [-0.4, -0.2) is 11.1 Å². The Morgan fingerprint density at radius 2 is 1.46 bits per heavy atom. The van der Waals surface area contributed by atoms with Gasteiger partial charge >= 0.3 is 0 Å². The molecule has 5 heteroatoms. The summed E-state index contributed by atoms with van der Waals surface area (Å²) in [7, 11) is 0. The molecule has 1 aromatic heterocycles. The van der Waals surface area contributed by atoms with Crippen molar-refractivity contribution >= 4 is 23.4 Å². The van der Waals surface area contributed by atoms with Gasteiger partial charge in [0.25, 0.3) is 0 Å². The first-order valence-corrected chi connectivity index (χ1v) is 9.16. The lowest BCUT2D eigenvalue weighted by Crippen LogP contribution is -2.16. The molecule has 0 saturated carbocycles. The van der Waals surface area contributed by atoms with Crippen molar-refractivity contribution in [2.45, 2.75) is 6.92 Å². The molecule has 0 fully saturated rings. The number of halogens is 1. The second-order valence-corrected chi connectivity index (χ2v) is 6.66. The predicted octanol–water partition coefficient (Wildman–Crippen LogP) is 6.18. The summed E-state index contributed by atoms with van der Waals surface area (Å²) >= 11 is 6.10. The van der Waals surface area contributed by atoms with Crippen molar-refractivity contribution in [1.29, 1.82) is 0 Å². The van der Waals surface area contributed by atoms with Crippen molar-refractivity contribution in [2.75, 3.05) is 4.42 Å². The molecule has 138 valence electrons. The van der Waals surface area contributed by atoms with Crippen LogP contribution in [0.3, 0.4) is 0 Å². The summed E-state index contributed by atoms with van der Waals surface area (Å²) < 4.78 is 6.87. The van der Waals surface area contributed by atoms with Gasteiger partial charge in [-0.3, -0.25) is 4.79 Å². The first kappa shape index (κ1) is 18.0. The van der Waals surface area contributed by atoms with Crippen LogP contribution in [0, 0.1) is 0 Å². The summed E-state index contributed by atoms with van der Waals surface area (Å²) in [5.41, 5.74) is 4.99. The Labute approximate surface area is 168 Å². The number of hydrogen-bond donors (Lipinski definition) is 0. The molecule has 0 atom stereocenters. The smallest absolute Gasteiger partial charge is 0.238 e. The molecule has 0 N–H and O–H groups in total. The molecule has 1 amide bonds. The summed E-state index contributed by atoms with van der Waals surface area (Å²) in [5.74, 6) is 0.366. The Morgan fingerprint density at radius 1 is 0.857 bits per heavy atom. The van der Waals surface area contributed by atoms with Gasteiger partial charge in [-0.25, -0.2) is 4.42 Å². The molecule has 0 aliphatic heterocycles. The largest absolute Gasteiger partial charge is 0.355 e. The summed E-state index contributed by atoms with van der Waals surface area (Å²) in [6, 6.07) is 27.2. The molecule has 28 heavy (non-hydrogen) atoms. The molecule has 0 aliphatic carbocycles. The molecule has 0 aliphatic rings. The summed E-state index contributed by atoms with van der Waals surface area (Å²) in [5, 5.41) is 4.36. The van der Waals surface area contributed by atoms with Crippen LogP contribution in [0.1, 0.15) is 6.92 Å². The quantitative estimate of drug-likeness (QED) is 0.392. The Morgan fingerprint density at radius 3 is 2.11 bits per heavy atom. The topological polar surface area (TPSA) is 46.3 Å². The highest BCUT2D eigenvalue weighted by atomic mass is 35.5. The molecule has 1 heterocycles. The van der Waals surface area contributed by atoms with Crippen LogP contribution in [0.5, 0.6) is 0 Å². The summed E-state index contributed by atoms with van der Waals surface area (Å²) in [6.45, 7) is 1.41. The van der Waals surface area contributed by atoms with E-state index in [2.05, 4.69) is 5.16 Å². The Hall–Kier alpha value is -3.37. The van der Waals surface area contributed by atoms with Gasteiger partial charge in [0.2, 0.25) is 5.91 Å². The first-order valence-electron chi connectivity index (χ1n) is 8.82. The van der Waals surface area contributed by atoms with Crippen molar-refractivity contribution in [2.24, 2.45) is 0 Å². The van der Waals surface area contributed by atoms with Crippen molar-refractivity contribution in [1.82, 2.24) is 5.16 Å². The average molecular weight is 389 g/mol. The van der Waals surface area contributed by atoms with E-state index in [1.807, 2.05) is 78.9 Å². The number of carbonyl (C=O) groups is 1. The fourth-order valence-corrected chi connectivity index (χ4v) is 3.21. The molecular formula is C23H17ClN2O2. The molecule has 0 radical (unpaired) electrons. The Balaban J connectivity index is 1.90. The Kier molecular flexibility index (Phi) is 4.96. The lowest BCUT2D eigenvalue weighted by molar-refractivity contribution is -0.115. The fraction of sp³-hybridized carbons (Fsp3) is 0.0435. The lowest BCUT2D eigenvalue weighted by Gasteiger charge is -2.12. The number of nitrogens with zero attached hydrogens (tertiary/aromatic N) is 2. The number of amides is 1. The molecule has 4 aromatic rings. The fourth-order valence-electron chi connectivity index (χ4n) is 3.10. The maximum Gasteiger partial charge on any atom is 0.238 e. The van der Waals surface area contributed by atoms with E-state index in [4.69, 9.17) is 16.3 Å². The van der Waals surface area contributed by atoms with Crippen LogP contribution < -0.4 is 4.42 Å². The zero-order valence-corrected chi connectivity index (χ0v) is 15.9. The lowest BCUT2D eigenvalue weighted by atomic mass is 9.96. The van der Waals surface area contributed by atoms with Crippen molar-refractivity contribution in [3.63, 3.8) is 0 Å². The number of carbonyl (C=O) groups excluding carboxylic acids is 1. The first-order chi connectivity index (χ1) is 13.6. The summed E-state index contributed by atoms with van der Waals surface area (Å²) in [6.07, 6.45) is 0. The number of hydrogen-bond acceptors (Lipinski definition) is 3. The van der Waals surface area contributed by atoms with E-state index in [1.165, 1.54) is 6.92 Å². The number of aromatic nitrogens is 1. The van der Waals surface area contributed by atoms with Gasteiger partial charge in [0.1, 0.15) is 5.69 Å². The minimum absolute atomic E-state index is 0.260.